The maximum atomic E-state index is 13.6. The molecule has 0 bridgehead atoms. The summed E-state index contributed by atoms with van der Waals surface area (Å²) in [7, 11) is 4.02. The lowest BCUT2D eigenvalue weighted by Gasteiger charge is -2.28. The number of halogens is 4. The second-order valence-electron chi connectivity index (χ2n) is 9.36. The van der Waals surface area contributed by atoms with Crippen molar-refractivity contribution in [2.24, 2.45) is 0 Å². The van der Waals surface area contributed by atoms with Crippen molar-refractivity contribution in [1.29, 1.82) is 0 Å². The van der Waals surface area contributed by atoms with Gasteiger partial charge in [-0.1, -0.05) is 58.5 Å². The van der Waals surface area contributed by atoms with Crippen LogP contribution in [-0.2, 0) is 21.4 Å². The summed E-state index contributed by atoms with van der Waals surface area (Å²) in [6.07, 6.45) is 2.49. The van der Waals surface area contributed by atoms with Gasteiger partial charge in [0.2, 0.25) is 11.8 Å². The van der Waals surface area contributed by atoms with Crippen LogP contribution in [0.4, 0.5) is 0 Å². The number of nitrogens with zero attached hydrogens (tertiary/aromatic N) is 2. The summed E-state index contributed by atoms with van der Waals surface area (Å²) in [6.45, 7) is 1.28. The van der Waals surface area contributed by atoms with Gasteiger partial charge in [-0.05, 0) is 68.8 Å². The number of nitrogens with one attached hydrogen (secondary N) is 1. The van der Waals surface area contributed by atoms with Gasteiger partial charge in [-0.3, -0.25) is 9.59 Å². The normalized spacial score (nSPS) is 19.9. The number of carbonyl (C=O) groups excluding carboxylic acids is 2. The fourth-order valence-electron chi connectivity index (χ4n) is 4.61. The molecule has 2 unspecified atom stereocenters. The monoisotopic (exact) mass is 541 g/mol. The Morgan fingerprint density at radius 2 is 1.71 bits per heavy atom. The van der Waals surface area contributed by atoms with E-state index in [1.807, 2.05) is 19.0 Å². The second kappa shape index (κ2) is 10.2. The standard InChI is InChI=1S/C25H27Cl4N3O2/c1-31(2)18-7-10-32(14-18)23(33)22(11-15-3-4-16(26)12-20(15)28)30-24(34)25(8-9-25)19-6-5-17(27)13-21(19)29/h3-6,12-13,18,22H,7-11,14H2,1-2H3,(H,30,34). The van der Waals surface area contributed by atoms with Crippen LogP contribution >= 0.6 is 46.4 Å². The summed E-state index contributed by atoms with van der Waals surface area (Å²) in [5, 5.41) is 5.00. The predicted octanol–water partition coefficient (Wildman–Crippen LogP) is 5.22. The zero-order chi connectivity index (χ0) is 24.6. The molecule has 1 aliphatic carbocycles. The largest absolute Gasteiger partial charge is 0.343 e. The number of likely N-dealkylation sites (tertiary alicyclic amines) is 1. The number of rotatable bonds is 7. The van der Waals surface area contributed by atoms with Crippen LogP contribution in [0.25, 0.3) is 0 Å². The van der Waals surface area contributed by atoms with Crippen LogP contribution in [0.3, 0.4) is 0 Å². The molecule has 182 valence electrons. The van der Waals surface area contributed by atoms with E-state index in [1.54, 1.807) is 36.4 Å². The van der Waals surface area contributed by atoms with Gasteiger partial charge in [0.05, 0.1) is 5.41 Å². The van der Waals surface area contributed by atoms with Crippen molar-refractivity contribution in [1.82, 2.24) is 15.1 Å². The number of benzene rings is 2. The maximum Gasteiger partial charge on any atom is 0.245 e. The van der Waals surface area contributed by atoms with Gasteiger partial charge in [-0.25, -0.2) is 0 Å². The lowest BCUT2D eigenvalue weighted by molar-refractivity contribution is -0.136. The van der Waals surface area contributed by atoms with Crippen LogP contribution in [0.15, 0.2) is 36.4 Å². The Morgan fingerprint density at radius 1 is 1.06 bits per heavy atom. The first kappa shape index (κ1) is 25.6. The van der Waals surface area contributed by atoms with Crippen LogP contribution in [-0.4, -0.2) is 60.9 Å². The molecule has 0 spiro atoms. The van der Waals surface area contributed by atoms with Gasteiger partial charge in [0.25, 0.3) is 0 Å². The van der Waals surface area contributed by atoms with E-state index in [9.17, 15) is 9.59 Å². The molecule has 2 aromatic carbocycles. The third kappa shape index (κ3) is 5.34. The van der Waals surface area contributed by atoms with Gasteiger partial charge in [0.1, 0.15) is 6.04 Å². The topological polar surface area (TPSA) is 52.6 Å². The number of hydrogen-bond acceptors (Lipinski definition) is 3. The highest BCUT2D eigenvalue weighted by atomic mass is 35.5. The first-order valence-electron chi connectivity index (χ1n) is 11.3. The highest BCUT2D eigenvalue weighted by molar-refractivity contribution is 6.35. The number of carbonyl (C=O) groups is 2. The fraction of sp³-hybridized carbons (Fsp3) is 0.440. The first-order valence-corrected chi connectivity index (χ1v) is 12.8. The summed E-state index contributed by atoms with van der Waals surface area (Å²) in [5.41, 5.74) is 0.740. The first-order chi connectivity index (χ1) is 16.1. The lowest BCUT2D eigenvalue weighted by Crippen LogP contribution is -2.52. The molecule has 0 aromatic heterocycles. The van der Waals surface area contributed by atoms with E-state index in [4.69, 9.17) is 46.4 Å². The van der Waals surface area contributed by atoms with Crippen LogP contribution < -0.4 is 5.32 Å². The van der Waals surface area contributed by atoms with Crippen molar-refractivity contribution in [2.45, 2.75) is 43.2 Å². The average molecular weight is 543 g/mol. The minimum absolute atomic E-state index is 0.110. The summed E-state index contributed by atoms with van der Waals surface area (Å²) in [5.74, 6) is -0.315. The van der Waals surface area contributed by atoms with E-state index in [0.29, 0.717) is 52.1 Å². The molecule has 5 nitrogen and oxygen atoms in total. The molecule has 34 heavy (non-hydrogen) atoms. The van der Waals surface area contributed by atoms with Crippen LogP contribution in [0.5, 0.6) is 0 Å². The minimum Gasteiger partial charge on any atom is -0.343 e. The van der Waals surface area contributed by atoms with Gasteiger partial charge in [-0.2, -0.15) is 0 Å². The van der Waals surface area contributed by atoms with Crippen LogP contribution in [0, 0.1) is 0 Å². The van der Waals surface area contributed by atoms with Crippen molar-refractivity contribution < 1.29 is 9.59 Å². The molecule has 2 aromatic rings. The molecular formula is C25H27Cl4N3O2. The SMILES string of the molecule is CN(C)C1CCN(C(=O)C(Cc2ccc(Cl)cc2Cl)NC(=O)C2(c3ccc(Cl)cc3Cl)CC2)C1. The summed E-state index contributed by atoms with van der Waals surface area (Å²) >= 11 is 25.0. The molecule has 1 heterocycles. The zero-order valence-corrected chi connectivity index (χ0v) is 22.1. The predicted molar refractivity (Wildman–Crippen MR) is 138 cm³/mol. The molecule has 1 aliphatic heterocycles. The molecule has 9 heteroatoms. The molecule has 4 rings (SSSR count). The quantitative estimate of drug-likeness (QED) is 0.521. The summed E-state index contributed by atoms with van der Waals surface area (Å²) in [6, 6.07) is 9.90. The second-order valence-corrected chi connectivity index (χ2v) is 11.0. The molecule has 2 amide bonds. The molecule has 2 aliphatic rings. The average Bonchev–Trinajstić information content (AvgIpc) is 3.42. The van der Waals surface area contributed by atoms with Crippen molar-refractivity contribution in [3.05, 3.63) is 67.6 Å². The molecule has 1 saturated heterocycles. The Morgan fingerprint density at radius 3 is 2.26 bits per heavy atom. The summed E-state index contributed by atoms with van der Waals surface area (Å²) < 4.78 is 0. The van der Waals surface area contributed by atoms with Gasteiger partial charge >= 0.3 is 0 Å². The lowest BCUT2D eigenvalue weighted by atomic mass is 9.93. The number of likely N-dealkylation sites (N-methyl/N-ethyl adjacent to an activating group) is 1. The van der Waals surface area contributed by atoms with Crippen LogP contribution in [0.2, 0.25) is 20.1 Å². The van der Waals surface area contributed by atoms with Gasteiger partial charge < -0.3 is 15.1 Å². The van der Waals surface area contributed by atoms with Gasteiger partial charge in [-0.15, -0.1) is 0 Å². The van der Waals surface area contributed by atoms with Crippen molar-refractivity contribution in [3.63, 3.8) is 0 Å². The highest BCUT2D eigenvalue weighted by Crippen LogP contribution is 2.51. The van der Waals surface area contributed by atoms with Crippen molar-refractivity contribution in [3.8, 4) is 0 Å². The molecule has 1 saturated carbocycles. The van der Waals surface area contributed by atoms with E-state index in [-0.39, 0.29) is 18.2 Å². The Labute approximate surface area is 220 Å². The van der Waals surface area contributed by atoms with Crippen LogP contribution in [0.1, 0.15) is 30.4 Å². The number of amides is 2. The van der Waals surface area contributed by atoms with Gasteiger partial charge in [0.15, 0.2) is 0 Å². The van der Waals surface area contributed by atoms with Crippen molar-refractivity contribution in [2.75, 3.05) is 27.2 Å². The zero-order valence-electron chi connectivity index (χ0n) is 19.1. The molecule has 0 radical (unpaired) electrons. The maximum absolute atomic E-state index is 13.6. The van der Waals surface area contributed by atoms with Crippen molar-refractivity contribution >= 4 is 58.2 Å². The highest BCUT2D eigenvalue weighted by Gasteiger charge is 2.53. The minimum atomic E-state index is -0.754. The van der Waals surface area contributed by atoms with E-state index in [0.717, 1.165) is 17.5 Å². The molecule has 1 N–H and O–H groups in total. The molecule has 2 fully saturated rings. The molecular weight excluding hydrogens is 516 g/mol. The Bertz CT molecular complexity index is 1100. The Balaban J connectivity index is 1.58. The third-order valence-corrected chi connectivity index (χ3v) is 8.01. The Hall–Kier alpha value is -1.50. The van der Waals surface area contributed by atoms with Gasteiger partial charge in [0, 0.05) is 45.6 Å². The molecule has 2 atom stereocenters. The number of hydrogen-bond donors (Lipinski definition) is 1. The van der Waals surface area contributed by atoms with E-state index in [1.165, 1.54) is 0 Å². The van der Waals surface area contributed by atoms with E-state index >= 15 is 0 Å². The van der Waals surface area contributed by atoms with E-state index in [2.05, 4.69) is 10.2 Å². The Kier molecular flexibility index (Phi) is 7.70. The fourth-order valence-corrected chi connectivity index (χ4v) is 5.68. The third-order valence-electron chi connectivity index (χ3n) is 6.88. The van der Waals surface area contributed by atoms with E-state index < -0.39 is 11.5 Å². The smallest absolute Gasteiger partial charge is 0.245 e. The summed E-state index contributed by atoms with van der Waals surface area (Å²) in [4.78, 5) is 31.1.